The summed E-state index contributed by atoms with van der Waals surface area (Å²) in [6, 6.07) is -0.491. The van der Waals surface area contributed by atoms with E-state index >= 15 is 4.39 Å². The van der Waals surface area contributed by atoms with Gasteiger partial charge in [0, 0.05) is 12.0 Å². The van der Waals surface area contributed by atoms with E-state index in [1.54, 1.807) is 4.72 Å². The van der Waals surface area contributed by atoms with Gasteiger partial charge in [0.1, 0.15) is 0 Å². The van der Waals surface area contributed by atoms with E-state index in [2.05, 4.69) is 0 Å². The van der Waals surface area contributed by atoms with Gasteiger partial charge in [-0.05, 0) is 38.5 Å². The molecule has 1 aromatic rings. The fourth-order valence-corrected chi connectivity index (χ4v) is 3.68. The summed E-state index contributed by atoms with van der Waals surface area (Å²) in [7, 11) is 0.367. The summed E-state index contributed by atoms with van der Waals surface area (Å²) >= 11 is 0. The quantitative estimate of drug-likeness (QED) is 0.757. The number of hydrogen-bond acceptors (Lipinski definition) is 4. The number of Topliss-reactive ketones (excluding diaryl/α,β-unsaturated/α-hetero) is 1. The lowest BCUT2D eigenvalue weighted by atomic mass is 9.92. The Bertz CT molecular complexity index is 775. The van der Waals surface area contributed by atoms with Gasteiger partial charge in [-0.25, -0.2) is 13.3 Å². The summed E-state index contributed by atoms with van der Waals surface area (Å²) < 4.78 is 79.4. The maximum atomic E-state index is 15.5. The zero-order valence-electron chi connectivity index (χ0n) is 15.5. The first-order valence-electron chi connectivity index (χ1n) is 7.99. The Morgan fingerprint density at radius 1 is 1.15 bits per heavy atom. The van der Waals surface area contributed by atoms with Gasteiger partial charge < -0.3 is 9.47 Å². The largest absolute Gasteiger partial charge is 0.493 e. The van der Waals surface area contributed by atoms with Crippen molar-refractivity contribution in [3.63, 3.8) is 0 Å². The minimum Gasteiger partial charge on any atom is -0.493 e. The first kappa shape index (κ1) is 21.6. The minimum absolute atomic E-state index is 0.0674. The Balaban J connectivity index is 2.50. The van der Waals surface area contributed by atoms with E-state index in [-0.39, 0.29) is 22.6 Å². The molecule has 3 atom stereocenters. The van der Waals surface area contributed by atoms with Crippen molar-refractivity contribution in [2.45, 2.75) is 49.8 Å². The number of benzene rings is 1. The molecule has 10 heteroatoms. The van der Waals surface area contributed by atoms with Gasteiger partial charge in [-0.15, -0.1) is 0 Å². The lowest BCUT2D eigenvalue weighted by Gasteiger charge is -2.33. The van der Waals surface area contributed by atoms with E-state index in [9.17, 15) is 22.2 Å². The molecule has 0 heterocycles. The minimum atomic E-state index is -5.14. The Morgan fingerprint density at radius 2 is 1.67 bits per heavy atom. The molecule has 0 aliphatic heterocycles. The van der Waals surface area contributed by atoms with Gasteiger partial charge in [0.25, 0.3) is 0 Å². The second-order valence-electron chi connectivity index (χ2n) is 7.21. The maximum absolute atomic E-state index is 15.5. The van der Waals surface area contributed by atoms with Gasteiger partial charge in [-0.1, -0.05) is 0 Å². The molecule has 27 heavy (non-hydrogen) atoms. The van der Waals surface area contributed by atoms with E-state index in [1.807, 2.05) is 0 Å². The Kier molecular flexibility index (Phi) is 5.64. The predicted molar refractivity (Wildman–Crippen MR) is 92.3 cm³/mol. The molecule has 0 saturated heterocycles. The van der Waals surface area contributed by atoms with Gasteiger partial charge in [-0.2, -0.15) is 13.2 Å². The number of carbonyl (C=O) groups is 1. The molecular weight excluding hydrogens is 390 g/mol. The number of ketones is 1. The predicted octanol–water partition coefficient (Wildman–Crippen LogP) is 3.13. The molecule has 0 unspecified atom stereocenters. The van der Waals surface area contributed by atoms with Crippen molar-refractivity contribution < 1.29 is 36.0 Å². The van der Waals surface area contributed by atoms with E-state index in [4.69, 9.17) is 9.47 Å². The smallest absolute Gasteiger partial charge is 0.408 e. The van der Waals surface area contributed by atoms with Crippen LogP contribution in [-0.2, 0) is 17.4 Å². The average Bonchev–Trinajstić information content (AvgIpc) is 2.80. The monoisotopic (exact) mass is 411 g/mol. The molecule has 1 aliphatic carbocycles. The molecule has 0 aromatic heterocycles. The number of ether oxygens (including phenoxy) is 2. The molecule has 0 amide bonds. The van der Waals surface area contributed by atoms with Crippen molar-refractivity contribution >= 4 is 16.8 Å². The van der Waals surface area contributed by atoms with Crippen molar-refractivity contribution in [2.75, 3.05) is 14.2 Å². The van der Waals surface area contributed by atoms with Gasteiger partial charge in [0.15, 0.2) is 17.5 Å². The van der Waals surface area contributed by atoms with Crippen LogP contribution in [0.1, 0.15) is 36.7 Å². The Hall–Kier alpha value is -1.68. The van der Waals surface area contributed by atoms with Crippen molar-refractivity contribution in [3.8, 4) is 11.5 Å². The molecule has 5 nitrogen and oxygen atoms in total. The van der Waals surface area contributed by atoms with Gasteiger partial charge in [0.2, 0.25) is 11.5 Å². The van der Waals surface area contributed by atoms with Gasteiger partial charge in [-0.3, -0.25) is 4.79 Å². The second-order valence-corrected chi connectivity index (χ2v) is 9.20. The Labute approximate surface area is 157 Å². The molecule has 1 aliphatic rings. The number of nitrogens with one attached hydrogen (secondary N) is 1. The molecular formula is C17H21F4NO4S. The summed E-state index contributed by atoms with van der Waals surface area (Å²) in [5.41, 5.74) is -3.48. The molecule has 0 bridgehead atoms. The van der Waals surface area contributed by atoms with Crippen molar-refractivity contribution in [3.05, 3.63) is 23.3 Å². The molecule has 1 N–H and O–H groups in total. The molecule has 0 spiro atoms. The van der Waals surface area contributed by atoms with E-state index < -0.39 is 45.8 Å². The summed E-state index contributed by atoms with van der Waals surface area (Å²) in [6.07, 6.45) is -5.96. The molecule has 2 rings (SSSR count). The van der Waals surface area contributed by atoms with Crippen molar-refractivity contribution in [1.29, 1.82) is 0 Å². The third-order valence-electron chi connectivity index (χ3n) is 4.25. The van der Waals surface area contributed by atoms with E-state index in [0.29, 0.717) is 0 Å². The first-order valence-corrected chi connectivity index (χ1v) is 9.14. The molecule has 0 radical (unpaired) electrons. The third kappa shape index (κ3) is 3.96. The van der Waals surface area contributed by atoms with E-state index in [0.717, 1.165) is 6.07 Å². The van der Waals surface area contributed by atoms with Crippen LogP contribution in [0.15, 0.2) is 12.1 Å². The molecule has 0 fully saturated rings. The Morgan fingerprint density at radius 3 is 2.11 bits per heavy atom. The molecule has 0 saturated carbocycles. The third-order valence-corrected chi connectivity index (χ3v) is 5.81. The van der Waals surface area contributed by atoms with Gasteiger partial charge in [0.05, 0.1) is 30.0 Å². The maximum Gasteiger partial charge on any atom is 0.408 e. The highest BCUT2D eigenvalue weighted by atomic mass is 32.2. The molecule has 152 valence electrons. The number of hydrogen-bond donors (Lipinski definition) is 1. The summed E-state index contributed by atoms with van der Waals surface area (Å²) in [6.45, 7) is 4.32. The van der Waals surface area contributed by atoms with Crippen LogP contribution in [0.2, 0.25) is 0 Å². The molecule has 1 aromatic carbocycles. The summed E-state index contributed by atoms with van der Waals surface area (Å²) in [4.78, 5) is 12.6. The zero-order chi connectivity index (χ0) is 20.8. The van der Waals surface area contributed by atoms with E-state index in [1.165, 1.54) is 41.1 Å². The number of alkyl halides is 4. The second kappa shape index (κ2) is 7.05. The standard InChI is InChI=1S/C17H21F4NO4S/c1-15(2,3)27(24)22-14(17(19,20)21)16(18)8-9-6-11(25-4)12(26-5)7-10(9)13(16)23/h6-7,14,22H,8H2,1-5H3/t14-,16+,27-/m0/s1. The first-order chi connectivity index (χ1) is 12.3. The fraction of sp³-hybridized carbons (Fsp3) is 0.588. The topological polar surface area (TPSA) is 64.6 Å². The fourth-order valence-electron chi connectivity index (χ4n) is 2.80. The number of methoxy groups -OCH3 is 2. The normalized spacial score (nSPS) is 22.3. The van der Waals surface area contributed by atoms with Crippen LogP contribution in [0.3, 0.4) is 0 Å². The van der Waals surface area contributed by atoms with Crippen LogP contribution in [-0.4, -0.2) is 46.8 Å². The van der Waals surface area contributed by atoms with Crippen LogP contribution in [0.5, 0.6) is 11.5 Å². The van der Waals surface area contributed by atoms with Crippen molar-refractivity contribution in [1.82, 2.24) is 4.72 Å². The van der Waals surface area contributed by atoms with Crippen LogP contribution < -0.4 is 14.2 Å². The average molecular weight is 411 g/mol. The zero-order valence-corrected chi connectivity index (χ0v) is 16.3. The number of halogens is 4. The van der Waals surface area contributed by atoms with Gasteiger partial charge >= 0.3 is 6.18 Å². The number of fused-ring (bicyclic) bond motifs is 1. The van der Waals surface area contributed by atoms with Crippen LogP contribution in [0.25, 0.3) is 0 Å². The highest BCUT2D eigenvalue weighted by Crippen LogP contribution is 2.44. The highest BCUT2D eigenvalue weighted by Gasteiger charge is 2.62. The van der Waals surface area contributed by atoms with Crippen LogP contribution >= 0.6 is 0 Å². The lowest BCUT2D eigenvalue weighted by Crippen LogP contribution is -2.61. The summed E-state index contributed by atoms with van der Waals surface area (Å²) in [5, 5.41) is 0. The number of carbonyl (C=O) groups excluding carboxylic acids is 1. The van der Waals surface area contributed by atoms with Crippen LogP contribution in [0.4, 0.5) is 17.6 Å². The summed E-state index contributed by atoms with van der Waals surface area (Å²) in [5.74, 6) is -1.06. The van der Waals surface area contributed by atoms with Crippen LogP contribution in [0, 0.1) is 0 Å². The SMILES string of the molecule is COc1cc2c(cc1OC)C(=O)[C@@](F)([C@H](N[S@@](=O)C(C)(C)C)C(F)(F)F)C2. The van der Waals surface area contributed by atoms with Crippen molar-refractivity contribution in [2.24, 2.45) is 0 Å². The number of rotatable bonds is 5. The lowest BCUT2D eigenvalue weighted by molar-refractivity contribution is -0.174. The highest BCUT2D eigenvalue weighted by molar-refractivity contribution is 7.84.